The van der Waals surface area contributed by atoms with Crippen LogP contribution in [-0.4, -0.2) is 20.9 Å². The van der Waals surface area contributed by atoms with Crippen molar-refractivity contribution >= 4 is 15.9 Å². The molecule has 0 bridgehead atoms. The van der Waals surface area contributed by atoms with E-state index < -0.39 is 15.9 Å². The molecule has 0 spiro atoms. The lowest BCUT2D eigenvalue weighted by Gasteiger charge is -2.19. The molecule has 0 radical (unpaired) electrons. The maximum absolute atomic E-state index is 12.3. The molecule has 0 fully saturated rings. The van der Waals surface area contributed by atoms with Gasteiger partial charge in [-0.2, -0.15) is 0 Å². The summed E-state index contributed by atoms with van der Waals surface area (Å²) in [7, 11) is -3.65. The number of amides is 1. The largest absolute Gasteiger partial charge is 0.273 e. The van der Waals surface area contributed by atoms with Crippen LogP contribution in [0.25, 0.3) is 0 Å². The lowest BCUT2D eigenvalue weighted by Crippen LogP contribution is -2.30. The molecule has 0 aliphatic rings. The number of benzene rings is 2. The van der Waals surface area contributed by atoms with Crippen molar-refractivity contribution in [1.82, 2.24) is 10.2 Å². The molecule has 0 heterocycles. The Hall–Kier alpha value is -2.22. The first-order valence-electron chi connectivity index (χ1n) is 8.73. The van der Waals surface area contributed by atoms with Crippen LogP contribution in [0.3, 0.4) is 0 Å². The van der Waals surface area contributed by atoms with Gasteiger partial charge >= 0.3 is 0 Å². The Labute approximate surface area is 160 Å². The Kier molecular flexibility index (Phi) is 7.12. The molecular formula is C20H26N2O4S. The third-order valence-electron chi connectivity index (χ3n) is 3.94. The number of carbonyl (C=O) groups excluding carboxylic acids is 1. The van der Waals surface area contributed by atoms with Gasteiger partial charge in [0.05, 0.1) is 11.5 Å². The molecule has 0 saturated heterocycles. The Bertz CT molecular complexity index is 842. The molecular weight excluding hydrogens is 364 g/mol. The molecule has 146 valence electrons. The van der Waals surface area contributed by atoms with Crippen LogP contribution in [0, 0.1) is 0 Å². The number of nitrogens with one attached hydrogen (secondary N) is 2. The molecule has 27 heavy (non-hydrogen) atoms. The Morgan fingerprint density at radius 1 is 1.00 bits per heavy atom. The highest BCUT2D eigenvalue weighted by atomic mass is 32.2. The van der Waals surface area contributed by atoms with Gasteiger partial charge in [0.25, 0.3) is 0 Å². The predicted octanol–water partition coefficient (Wildman–Crippen LogP) is 2.90. The highest BCUT2D eigenvalue weighted by Crippen LogP contribution is 2.23. The van der Waals surface area contributed by atoms with Gasteiger partial charge in [0.2, 0.25) is 15.9 Å². The second kappa shape index (κ2) is 9.12. The number of hydroxylamine groups is 1. The molecule has 2 aromatic rings. The second-order valence-electron chi connectivity index (χ2n) is 7.22. The average Bonchev–Trinajstić information content (AvgIpc) is 2.62. The number of carbonyl (C=O) groups is 1. The minimum atomic E-state index is -3.65. The summed E-state index contributed by atoms with van der Waals surface area (Å²) in [6.45, 7) is 6.43. The fourth-order valence-electron chi connectivity index (χ4n) is 2.34. The molecule has 0 aliphatic heterocycles. The number of sulfonamides is 1. The van der Waals surface area contributed by atoms with Crippen molar-refractivity contribution in [2.75, 3.05) is 6.54 Å². The fourth-order valence-corrected chi connectivity index (χ4v) is 3.37. The lowest BCUT2D eigenvalue weighted by molar-refractivity contribution is -0.134. The second-order valence-corrected chi connectivity index (χ2v) is 8.99. The van der Waals surface area contributed by atoms with Crippen LogP contribution in [0.4, 0.5) is 0 Å². The van der Waals surface area contributed by atoms with E-state index in [9.17, 15) is 13.2 Å². The molecule has 0 aliphatic carbocycles. The van der Waals surface area contributed by atoms with Crippen molar-refractivity contribution in [1.29, 1.82) is 0 Å². The van der Waals surface area contributed by atoms with E-state index >= 15 is 0 Å². The van der Waals surface area contributed by atoms with Crippen LogP contribution in [0.1, 0.15) is 38.3 Å². The lowest BCUT2D eigenvalue weighted by atomic mass is 9.87. The minimum Gasteiger partial charge on any atom is -0.273 e. The minimum absolute atomic E-state index is 0.0100. The zero-order valence-corrected chi connectivity index (χ0v) is 16.7. The van der Waals surface area contributed by atoms with Crippen molar-refractivity contribution in [3.05, 3.63) is 65.7 Å². The zero-order valence-electron chi connectivity index (χ0n) is 15.9. The molecule has 0 saturated carbocycles. The number of hydrogen-bond donors (Lipinski definition) is 2. The van der Waals surface area contributed by atoms with Crippen molar-refractivity contribution < 1.29 is 18.0 Å². The molecule has 0 atom stereocenters. The highest BCUT2D eigenvalue weighted by molar-refractivity contribution is 7.89. The molecule has 2 aromatic carbocycles. The normalized spacial score (nSPS) is 12.0. The van der Waals surface area contributed by atoms with Gasteiger partial charge in [-0.25, -0.2) is 18.6 Å². The topological polar surface area (TPSA) is 84.5 Å². The summed E-state index contributed by atoms with van der Waals surface area (Å²) in [6.07, 6.45) is -0.0197. The summed E-state index contributed by atoms with van der Waals surface area (Å²) < 4.78 is 27.0. The summed E-state index contributed by atoms with van der Waals surface area (Å²) in [5, 5.41) is 0. The Morgan fingerprint density at radius 3 is 2.22 bits per heavy atom. The maximum Gasteiger partial charge on any atom is 0.244 e. The summed E-state index contributed by atoms with van der Waals surface area (Å²) in [4.78, 5) is 17.0. The van der Waals surface area contributed by atoms with E-state index in [1.54, 1.807) is 24.3 Å². The van der Waals surface area contributed by atoms with E-state index in [4.69, 9.17) is 4.84 Å². The predicted molar refractivity (Wildman–Crippen MR) is 104 cm³/mol. The quantitative estimate of drug-likeness (QED) is 0.679. The van der Waals surface area contributed by atoms with Crippen molar-refractivity contribution in [2.24, 2.45) is 0 Å². The third kappa shape index (κ3) is 6.78. The first-order chi connectivity index (χ1) is 12.7. The smallest absolute Gasteiger partial charge is 0.244 e. The van der Waals surface area contributed by atoms with Gasteiger partial charge in [-0.1, -0.05) is 63.2 Å². The monoisotopic (exact) mass is 390 g/mol. The molecule has 1 amide bonds. The van der Waals surface area contributed by atoms with Gasteiger partial charge in [-0.3, -0.25) is 9.63 Å². The van der Waals surface area contributed by atoms with Gasteiger partial charge in [-0.15, -0.1) is 0 Å². The van der Waals surface area contributed by atoms with Gasteiger partial charge in [0.1, 0.15) is 0 Å². The number of rotatable bonds is 8. The average molecular weight is 391 g/mol. The van der Waals surface area contributed by atoms with Crippen LogP contribution in [0.15, 0.2) is 59.5 Å². The summed E-state index contributed by atoms with van der Waals surface area (Å²) >= 11 is 0. The SMILES string of the molecule is CC(C)(C)c1ccc(S(=O)(=O)NCCC(=O)NOCc2ccccc2)cc1. The molecule has 2 N–H and O–H groups in total. The van der Waals surface area contributed by atoms with Crippen LogP contribution in [-0.2, 0) is 31.7 Å². The summed E-state index contributed by atoms with van der Waals surface area (Å²) in [6, 6.07) is 16.2. The number of hydrogen-bond acceptors (Lipinski definition) is 4. The van der Waals surface area contributed by atoms with E-state index in [2.05, 4.69) is 31.0 Å². The van der Waals surface area contributed by atoms with E-state index in [0.29, 0.717) is 0 Å². The van der Waals surface area contributed by atoms with Crippen LogP contribution >= 0.6 is 0 Å². The van der Waals surface area contributed by atoms with E-state index in [-0.39, 0.29) is 29.9 Å². The first kappa shape index (κ1) is 21.1. The fraction of sp³-hybridized carbons (Fsp3) is 0.350. The van der Waals surface area contributed by atoms with Gasteiger partial charge in [0.15, 0.2) is 0 Å². The van der Waals surface area contributed by atoms with Crippen LogP contribution in [0.5, 0.6) is 0 Å². The molecule has 0 aromatic heterocycles. The Balaban J connectivity index is 1.77. The van der Waals surface area contributed by atoms with Crippen molar-refractivity contribution in [2.45, 2.75) is 44.1 Å². The molecule has 0 unspecified atom stereocenters. The molecule has 2 rings (SSSR count). The summed E-state index contributed by atoms with van der Waals surface area (Å²) in [5.74, 6) is -0.392. The van der Waals surface area contributed by atoms with E-state index in [1.165, 1.54) is 0 Å². The molecule has 6 nitrogen and oxygen atoms in total. The third-order valence-corrected chi connectivity index (χ3v) is 5.42. The van der Waals surface area contributed by atoms with Crippen molar-refractivity contribution in [3.8, 4) is 0 Å². The molecule has 7 heteroatoms. The van der Waals surface area contributed by atoms with Crippen molar-refractivity contribution in [3.63, 3.8) is 0 Å². The van der Waals surface area contributed by atoms with Gasteiger partial charge in [-0.05, 0) is 28.7 Å². The Morgan fingerprint density at radius 2 is 1.63 bits per heavy atom. The summed E-state index contributed by atoms with van der Waals surface area (Å²) in [5.41, 5.74) is 4.24. The van der Waals surface area contributed by atoms with Crippen LogP contribution in [0.2, 0.25) is 0 Å². The van der Waals surface area contributed by atoms with Gasteiger partial charge < -0.3 is 0 Å². The van der Waals surface area contributed by atoms with Crippen LogP contribution < -0.4 is 10.2 Å². The van der Waals surface area contributed by atoms with E-state index in [0.717, 1.165) is 11.1 Å². The highest BCUT2D eigenvalue weighted by Gasteiger charge is 2.17. The standard InChI is InChI=1S/C20H26N2O4S/c1-20(2,3)17-9-11-18(12-10-17)27(24,25)21-14-13-19(23)22-26-15-16-7-5-4-6-8-16/h4-12,21H,13-15H2,1-3H3,(H,22,23). The zero-order chi connectivity index (χ0) is 19.9. The first-order valence-corrected chi connectivity index (χ1v) is 10.2. The van der Waals surface area contributed by atoms with Gasteiger partial charge in [0, 0.05) is 13.0 Å². The van der Waals surface area contributed by atoms with E-state index in [1.807, 2.05) is 30.3 Å². The maximum atomic E-state index is 12.3.